The van der Waals surface area contributed by atoms with Gasteiger partial charge >= 0.3 is 0 Å². The lowest BCUT2D eigenvalue weighted by molar-refractivity contribution is 0.102. The Hall–Kier alpha value is -2.24. The normalized spacial score (nSPS) is 17.3. The summed E-state index contributed by atoms with van der Waals surface area (Å²) >= 11 is 12.7. The van der Waals surface area contributed by atoms with Gasteiger partial charge in [0.15, 0.2) is 0 Å². The fourth-order valence-electron chi connectivity index (χ4n) is 3.96. The number of piperidine rings is 1. The Balaban J connectivity index is 1.40. The van der Waals surface area contributed by atoms with Crippen LogP contribution in [0.3, 0.4) is 0 Å². The molecule has 0 saturated carbocycles. The largest absolute Gasteiger partial charge is 0.371 e. The van der Waals surface area contributed by atoms with Gasteiger partial charge in [0.2, 0.25) is 9.47 Å². The molecule has 1 aromatic heterocycles. The second-order valence-electron chi connectivity index (χ2n) is 8.58. The van der Waals surface area contributed by atoms with E-state index in [2.05, 4.69) is 32.1 Å². The quantitative estimate of drug-likeness (QED) is 0.381. The van der Waals surface area contributed by atoms with E-state index in [0.717, 1.165) is 35.7 Å². The summed E-state index contributed by atoms with van der Waals surface area (Å²) in [6.45, 7) is 6.09. The molecule has 2 aromatic carbocycles. The molecule has 35 heavy (non-hydrogen) atoms. The molecule has 186 valence electrons. The van der Waals surface area contributed by atoms with Crippen LogP contribution in [-0.2, 0) is 10.0 Å². The van der Waals surface area contributed by atoms with Crippen LogP contribution in [0.25, 0.3) is 0 Å². The van der Waals surface area contributed by atoms with Crippen molar-refractivity contribution < 1.29 is 13.2 Å². The third-order valence-electron chi connectivity index (χ3n) is 5.78. The predicted octanol–water partition coefficient (Wildman–Crippen LogP) is 5.37. The highest BCUT2D eigenvalue weighted by atomic mass is 35.5. The van der Waals surface area contributed by atoms with Gasteiger partial charge in [0.1, 0.15) is 0 Å². The molecule has 12 heteroatoms. The van der Waals surface area contributed by atoms with Crippen LogP contribution in [0, 0.1) is 5.92 Å². The number of aromatic nitrogens is 2. The van der Waals surface area contributed by atoms with Crippen molar-refractivity contribution in [3.8, 4) is 0 Å². The Bertz CT molecular complexity index is 1310. The number of nitrogens with one attached hydrogen (secondary N) is 2. The van der Waals surface area contributed by atoms with Gasteiger partial charge in [-0.05, 0) is 61.6 Å². The maximum Gasteiger partial charge on any atom is 0.270 e. The highest BCUT2D eigenvalue weighted by Crippen LogP contribution is 2.27. The molecule has 0 aliphatic carbocycles. The molecule has 1 saturated heterocycles. The minimum absolute atomic E-state index is 0.0363. The standard InChI is InChI=1S/C23H25Cl2N5O3S2/c1-14-4-3-11-30(13-14)18-8-5-16(6-9-18)15(2)29-35(32,33)23-28-27-22(34-23)26-21(31)19-10-7-17(24)12-20(19)25/h5-10,12,14-15,29H,3-4,11,13H2,1-2H3,(H,26,27,31)/t14-,15-/m1/s1. The Labute approximate surface area is 218 Å². The van der Waals surface area contributed by atoms with Crippen LogP contribution < -0.4 is 14.9 Å². The average Bonchev–Trinajstić information content (AvgIpc) is 3.28. The monoisotopic (exact) mass is 553 g/mol. The van der Waals surface area contributed by atoms with E-state index in [4.69, 9.17) is 23.2 Å². The number of sulfonamides is 1. The summed E-state index contributed by atoms with van der Waals surface area (Å²) in [5, 5.41) is 10.6. The summed E-state index contributed by atoms with van der Waals surface area (Å²) in [4.78, 5) is 14.8. The molecule has 1 fully saturated rings. The Morgan fingerprint density at radius 3 is 2.60 bits per heavy atom. The zero-order valence-electron chi connectivity index (χ0n) is 19.2. The average molecular weight is 555 g/mol. The zero-order valence-corrected chi connectivity index (χ0v) is 22.3. The smallest absolute Gasteiger partial charge is 0.270 e. The Morgan fingerprint density at radius 1 is 1.17 bits per heavy atom. The van der Waals surface area contributed by atoms with Gasteiger partial charge in [-0.25, -0.2) is 13.1 Å². The molecule has 4 rings (SSSR count). The number of amides is 1. The molecule has 2 heterocycles. The molecular formula is C23H25Cl2N5O3S2. The van der Waals surface area contributed by atoms with Gasteiger partial charge in [0, 0.05) is 29.8 Å². The van der Waals surface area contributed by atoms with E-state index in [9.17, 15) is 13.2 Å². The van der Waals surface area contributed by atoms with E-state index in [1.165, 1.54) is 31.0 Å². The first-order valence-electron chi connectivity index (χ1n) is 11.1. The van der Waals surface area contributed by atoms with Crippen LogP contribution in [-0.4, -0.2) is 37.6 Å². The van der Waals surface area contributed by atoms with Crippen molar-refractivity contribution in [1.82, 2.24) is 14.9 Å². The summed E-state index contributed by atoms with van der Waals surface area (Å²) in [7, 11) is -3.95. The number of hydrogen-bond acceptors (Lipinski definition) is 7. The maximum atomic E-state index is 12.9. The second kappa shape index (κ2) is 10.8. The number of rotatable bonds is 7. The lowest BCUT2D eigenvalue weighted by atomic mass is 9.99. The van der Waals surface area contributed by atoms with E-state index in [0.29, 0.717) is 10.9 Å². The van der Waals surface area contributed by atoms with Crippen molar-refractivity contribution in [2.24, 2.45) is 5.92 Å². The molecule has 1 aliphatic rings. The van der Waals surface area contributed by atoms with Gasteiger partial charge in [-0.2, -0.15) is 0 Å². The van der Waals surface area contributed by atoms with Crippen LogP contribution in [0.4, 0.5) is 10.8 Å². The summed E-state index contributed by atoms with van der Waals surface area (Å²) in [6, 6.07) is 11.9. The zero-order chi connectivity index (χ0) is 25.2. The van der Waals surface area contributed by atoms with E-state index in [1.54, 1.807) is 6.92 Å². The predicted molar refractivity (Wildman–Crippen MR) is 140 cm³/mol. The molecule has 1 aliphatic heterocycles. The van der Waals surface area contributed by atoms with Gasteiger partial charge in [0.25, 0.3) is 15.9 Å². The Kier molecular flexibility index (Phi) is 7.97. The second-order valence-corrected chi connectivity index (χ2v) is 12.3. The molecule has 0 unspecified atom stereocenters. The SMILES string of the molecule is C[C@@H]1CCCN(c2ccc([C@@H](C)NS(=O)(=O)c3nnc(NC(=O)c4ccc(Cl)cc4Cl)s3)cc2)C1. The highest BCUT2D eigenvalue weighted by molar-refractivity contribution is 7.91. The highest BCUT2D eigenvalue weighted by Gasteiger charge is 2.24. The third kappa shape index (κ3) is 6.31. The Morgan fingerprint density at radius 2 is 1.91 bits per heavy atom. The molecule has 2 N–H and O–H groups in total. The molecule has 0 bridgehead atoms. The first kappa shape index (κ1) is 25.8. The summed E-state index contributed by atoms with van der Waals surface area (Å²) in [5.41, 5.74) is 2.16. The first-order chi connectivity index (χ1) is 16.6. The summed E-state index contributed by atoms with van der Waals surface area (Å²) < 4.78 is 28.1. The van der Waals surface area contributed by atoms with Gasteiger partial charge in [0.05, 0.1) is 10.6 Å². The van der Waals surface area contributed by atoms with Gasteiger partial charge in [-0.1, -0.05) is 53.6 Å². The van der Waals surface area contributed by atoms with Crippen molar-refractivity contribution in [1.29, 1.82) is 0 Å². The van der Waals surface area contributed by atoms with Crippen LogP contribution in [0.5, 0.6) is 0 Å². The molecule has 0 spiro atoms. The first-order valence-corrected chi connectivity index (χ1v) is 14.1. The maximum absolute atomic E-state index is 12.9. The number of hydrogen-bond donors (Lipinski definition) is 2. The lowest BCUT2D eigenvalue weighted by Gasteiger charge is -2.33. The topological polar surface area (TPSA) is 104 Å². The number of halogens is 2. The number of carbonyl (C=O) groups excluding carboxylic acids is 1. The van der Waals surface area contributed by atoms with Gasteiger partial charge in [-0.15, -0.1) is 10.2 Å². The molecule has 0 radical (unpaired) electrons. The van der Waals surface area contributed by atoms with Crippen LogP contribution in [0.2, 0.25) is 10.0 Å². The van der Waals surface area contributed by atoms with E-state index < -0.39 is 22.0 Å². The van der Waals surface area contributed by atoms with E-state index in [1.807, 2.05) is 24.3 Å². The molecule has 8 nitrogen and oxygen atoms in total. The minimum atomic E-state index is -3.95. The third-order valence-corrected chi connectivity index (χ3v) is 9.07. The number of carbonyl (C=O) groups is 1. The van der Waals surface area contributed by atoms with Gasteiger partial charge < -0.3 is 4.90 Å². The molecule has 2 atom stereocenters. The van der Waals surface area contributed by atoms with Crippen molar-refractivity contribution >= 4 is 61.3 Å². The molecular weight excluding hydrogens is 529 g/mol. The lowest BCUT2D eigenvalue weighted by Crippen LogP contribution is -2.34. The van der Waals surface area contributed by atoms with E-state index >= 15 is 0 Å². The van der Waals surface area contributed by atoms with Crippen molar-refractivity contribution in [2.75, 3.05) is 23.3 Å². The number of nitrogens with zero attached hydrogens (tertiary/aromatic N) is 3. The van der Waals surface area contributed by atoms with Crippen LogP contribution >= 0.6 is 34.5 Å². The fraction of sp³-hybridized carbons (Fsp3) is 0.348. The number of anilines is 2. The molecule has 3 aromatic rings. The summed E-state index contributed by atoms with van der Waals surface area (Å²) in [5.74, 6) is 0.121. The summed E-state index contributed by atoms with van der Waals surface area (Å²) in [6.07, 6.45) is 2.43. The molecule has 1 amide bonds. The van der Waals surface area contributed by atoms with Crippen LogP contribution in [0.15, 0.2) is 46.8 Å². The van der Waals surface area contributed by atoms with E-state index in [-0.39, 0.29) is 20.1 Å². The van der Waals surface area contributed by atoms with Crippen molar-refractivity contribution in [2.45, 2.75) is 37.1 Å². The number of benzene rings is 2. The van der Waals surface area contributed by atoms with Crippen LogP contribution in [0.1, 0.15) is 48.7 Å². The van der Waals surface area contributed by atoms with Crippen molar-refractivity contribution in [3.63, 3.8) is 0 Å². The van der Waals surface area contributed by atoms with Gasteiger partial charge in [-0.3, -0.25) is 10.1 Å². The fourth-order valence-corrected chi connectivity index (χ4v) is 6.59. The van der Waals surface area contributed by atoms with Crippen molar-refractivity contribution in [3.05, 3.63) is 63.6 Å². The minimum Gasteiger partial charge on any atom is -0.371 e.